The smallest absolute Gasteiger partial charge is 0.0453 e. The highest BCUT2D eigenvalue weighted by atomic mass is 15.2. The third-order valence-corrected chi connectivity index (χ3v) is 4.88. The normalized spacial score (nSPS) is 24.5. The van der Waals surface area contributed by atoms with Crippen molar-refractivity contribution < 1.29 is 0 Å². The van der Waals surface area contributed by atoms with Crippen LogP contribution in [-0.4, -0.2) is 31.1 Å². The van der Waals surface area contributed by atoms with E-state index in [4.69, 9.17) is 0 Å². The predicted molar refractivity (Wildman–Crippen MR) is 90.6 cm³/mol. The highest BCUT2D eigenvalue weighted by Crippen LogP contribution is 2.28. The Morgan fingerprint density at radius 1 is 1.14 bits per heavy atom. The minimum atomic E-state index is 0.392. The fourth-order valence-electron chi connectivity index (χ4n) is 3.77. The van der Waals surface area contributed by atoms with Gasteiger partial charge in [0.2, 0.25) is 0 Å². The lowest BCUT2D eigenvalue weighted by molar-refractivity contribution is 0.238. The molecule has 1 saturated heterocycles. The minimum absolute atomic E-state index is 0.392. The maximum Gasteiger partial charge on any atom is 0.0453 e. The number of hydrogen-bond acceptors (Lipinski definition) is 2. The highest BCUT2D eigenvalue weighted by Gasteiger charge is 2.28. The Balaban J connectivity index is 1.88. The van der Waals surface area contributed by atoms with Crippen LogP contribution in [0.2, 0.25) is 0 Å². The molecule has 1 heterocycles. The number of hydrogen-bond donors (Lipinski definition) is 1. The van der Waals surface area contributed by atoms with E-state index in [1.54, 1.807) is 0 Å². The lowest BCUT2D eigenvalue weighted by Gasteiger charge is -2.28. The summed E-state index contributed by atoms with van der Waals surface area (Å²) in [5.74, 6) is 0.824. The van der Waals surface area contributed by atoms with E-state index in [9.17, 15) is 0 Å². The molecule has 0 bridgehead atoms. The number of likely N-dealkylation sites (N-methyl/N-ethyl adjacent to an activating group) is 1. The van der Waals surface area contributed by atoms with Crippen LogP contribution in [0.5, 0.6) is 0 Å². The van der Waals surface area contributed by atoms with Crippen molar-refractivity contribution in [3.8, 4) is 0 Å². The number of fused-ring (bicyclic) bond motifs is 1. The van der Waals surface area contributed by atoms with E-state index in [1.807, 2.05) is 0 Å². The summed E-state index contributed by atoms with van der Waals surface area (Å²) in [6.45, 7) is 7.04. The Hall–Kier alpha value is -1.38. The lowest BCUT2D eigenvalue weighted by Crippen LogP contribution is -2.36. The summed E-state index contributed by atoms with van der Waals surface area (Å²) in [6.07, 6.45) is 1.33. The molecule has 2 aromatic carbocycles. The molecule has 3 rings (SSSR count). The van der Waals surface area contributed by atoms with Crippen LogP contribution in [0.25, 0.3) is 10.8 Å². The molecule has 2 aromatic rings. The molecule has 1 N–H and O–H groups in total. The van der Waals surface area contributed by atoms with E-state index >= 15 is 0 Å². The summed E-state index contributed by atoms with van der Waals surface area (Å²) in [4.78, 5) is 2.63. The molecule has 0 amide bonds. The van der Waals surface area contributed by atoms with E-state index in [1.165, 1.54) is 29.3 Å². The van der Waals surface area contributed by atoms with Crippen molar-refractivity contribution in [3.63, 3.8) is 0 Å². The van der Waals surface area contributed by atoms with Crippen LogP contribution in [0, 0.1) is 5.92 Å². The topological polar surface area (TPSA) is 15.3 Å². The number of likely N-dealkylation sites (tertiary alicyclic amines) is 1. The molecule has 1 aliphatic rings. The fourth-order valence-corrected chi connectivity index (χ4v) is 3.77. The van der Waals surface area contributed by atoms with Gasteiger partial charge in [0.1, 0.15) is 0 Å². The first-order chi connectivity index (χ1) is 10.2. The average Bonchev–Trinajstić information content (AvgIpc) is 2.82. The monoisotopic (exact) mass is 282 g/mol. The lowest BCUT2D eigenvalue weighted by atomic mass is 9.98. The minimum Gasteiger partial charge on any atom is -0.312 e. The molecule has 0 radical (unpaired) electrons. The molecule has 0 aliphatic carbocycles. The Bertz CT molecular complexity index is 602. The molecular formula is C19H26N2. The third-order valence-electron chi connectivity index (χ3n) is 4.88. The van der Waals surface area contributed by atoms with Gasteiger partial charge in [-0.15, -0.1) is 0 Å². The van der Waals surface area contributed by atoms with Crippen LogP contribution in [0.4, 0.5) is 0 Å². The standard InChI is InChI=1S/C19H26N2/c1-14-11-15(2)21(12-14)13-19(20-3)18-10-6-8-16-7-4-5-9-17(16)18/h4-10,14-15,19-20H,11-13H2,1-3H3. The number of benzene rings is 2. The van der Waals surface area contributed by atoms with Gasteiger partial charge in [0.05, 0.1) is 0 Å². The van der Waals surface area contributed by atoms with Gasteiger partial charge in [-0.05, 0) is 42.6 Å². The number of nitrogens with one attached hydrogen (secondary N) is 1. The Kier molecular flexibility index (Phi) is 4.27. The summed E-state index contributed by atoms with van der Waals surface area (Å²) in [6, 6.07) is 16.4. The van der Waals surface area contributed by atoms with Gasteiger partial charge in [-0.3, -0.25) is 4.90 Å². The maximum atomic E-state index is 3.53. The van der Waals surface area contributed by atoms with Crippen LogP contribution in [0.15, 0.2) is 42.5 Å². The van der Waals surface area contributed by atoms with Gasteiger partial charge in [0, 0.05) is 25.2 Å². The molecule has 3 unspecified atom stereocenters. The molecule has 2 heteroatoms. The van der Waals surface area contributed by atoms with Crippen molar-refractivity contribution >= 4 is 10.8 Å². The molecule has 112 valence electrons. The Morgan fingerprint density at radius 2 is 1.90 bits per heavy atom. The summed E-state index contributed by atoms with van der Waals surface area (Å²) < 4.78 is 0. The summed E-state index contributed by atoms with van der Waals surface area (Å²) in [5, 5.41) is 6.24. The molecule has 0 aromatic heterocycles. The van der Waals surface area contributed by atoms with Crippen molar-refractivity contribution in [2.45, 2.75) is 32.4 Å². The second-order valence-corrected chi connectivity index (χ2v) is 6.55. The molecular weight excluding hydrogens is 256 g/mol. The third kappa shape index (κ3) is 2.97. The van der Waals surface area contributed by atoms with Crippen molar-refractivity contribution in [3.05, 3.63) is 48.0 Å². The van der Waals surface area contributed by atoms with Gasteiger partial charge in [-0.1, -0.05) is 49.4 Å². The van der Waals surface area contributed by atoms with E-state index in [-0.39, 0.29) is 0 Å². The first kappa shape index (κ1) is 14.6. The van der Waals surface area contributed by atoms with E-state index in [0.717, 1.165) is 12.5 Å². The zero-order chi connectivity index (χ0) is 14.8. The van der Waals surface area contributed by atoms with Crippen LogP contribution >= 0.6 is 0 Å². The van der Waals surface area contributed by atoms with E-state index < -0.39 is 0 Å². The summed E-state index contributed by atoms with van der Waals surface area (Å²) >= 11 is 0. The van der Waals surface area contributed by atoms with Crippen LogP contribution in [0.1, 0.15) is 31.9 Å². The van der Waals surface area contributed by atoms with Gasteiger partial charge in [0.15, 0.2) is 0 Å². The van der Waals surface area contributed by atoms with E-state index in [2.05, 4.69) is 73.6 Å². The zero-order valence-corrected chi connectivity index (χ0v) is 13.3. The van der Waals surface area contributed by atoms with Gasteiger partial charge < -0.3 is 5.32 Å². The number of nitrogens with zero attached hydrogens (tertiary/aromatic N) is 1. The zero-order valence-electron chi connectivity index (χ0n) is 13.3. The first-order valence-electron chi connectivity index (χ1n) is 8.08. The second kappa shape index (κ2) is 6.17. The molecule has 21 heavy (non-hydrogen) atoms. The highest BCUT2D eigenvalue weighted by molar-refractivity contribution is 5.86. The average molecular weight is 282 g/mol. The van der Waals surface area contributed by atoms with Crippen LogP contribution in [0.3, 0.4) is 0 Å². The van der Waals surface area contributed by atoms with Gasteiger partial charge in [-0.2, -0.15) is 0 Å². The van der Waals surface area contributed by atoms with Crippen molar-refractivity contribution in [2.24, 2.45) is 5.92 Å². The number of rotatable bonds is 4. The van der Waals surface area contributed by atoms with Crippen molar-refractivity contribution in [1.82, 2.24) is 10.2 Å². The largest absolute Gasteiger partial charge is 0.312 e. The molecule has 1 fully saturated rings. The molecule has 3 atom stereocenters. The van der Waals surface area contributed by atoms with Crippen LogP contribution < -0.4 is 5.32 Å². The second-order valence-electron chi connectivity index (χ2n) is 6.55. The predicted octanol–water partition coefficient (Wildman–Crippen LogP) is 3.83. The molecule has 2 nitrogen and oxygen atoms in total. The fraction of sp³-hybridized carbons (Fsp3) is 0.474. The van der Waals surface area contributed by atoms with Crippen molar-refractivity contribution in [1.29, 1.82) is 0 Å². The Morgan fingerprint density at radius 3 is 2.62 bits per heavy atom. The SMILES string of the molecule is CNC(CN1CC(C)CC1C)c1cccc2ccccc12. The molecule has 0 spiro atoms. The maximum absolute atomic E-state index is 3.53. The van der Waals surface area contributed by atoms with Gasteiger partial charge in [0.25, 0.3) is 0 Å². The quantitative estimate of drug-likeness (QED) is 0.917. The van der Waals surface area contributed by atoms with Gasteiger partial charge >= 0.3 is 0 Å². The summed E-state index contributed by atoms with van der Waals surface area (Å²) in [5.41, 5.74) is 1.42. The van der Waals surface area contributed by atoms with Gasteiger partial charge in [-0.25, -0.2) is 0 Å². The first-order valence-corrected chi connectivity index (χ1v) is 8.08. The molecule has 0 saturated carbocycles. The van der Waals surface area contributed by atoms with Crippen LogP contribution in [-0.2, 0) is 0 Å². The summed E-state index contributed by atoms with van der Waals surface area (Å²) in [7, 11) is 2.08. The van der Waals surface area contributed by atoms with E-state index in [0.29, 0.717) is 12.1 Å². The Labute approximate surface area is 128 Å². The molecule has 1 aliphatic heterocycles. The van der Waals surface area contributed by atoms with Crippen molar-refractivity contribution in [2.75, 3.05) is 20.1 Å².